The number of carbonyl (C=O) groups is 1. The Hall–Kier alpha value is -2.09. The van der Waals surface area contributed by atoms with Gasteiger partial charge in [-0.1, -0.05) is 56.2 Å². The Morgan fingerprint density at radius 1 is 0.864 bits per heavy atom. The number of benzene rings is 2. The molecule has 2 aromatic carbocycles. The molecule has 114 valence electrons. The van der Waals surface area contributed by atoms with Gasteiger partial charge in [-0.25, -0.2) is 4.79 Å². The minimum Gasteiger partial charge on any atom is -0.478 e. The maximum absolute atomic E-state index is 10.9. The predicted octanol–water partition coefficient (Wildman–Crippen LogP) is 5.35. The Balaban J connectivity index is 1.75. The van der Waals surface area contributed by atoms with Gasteiger partial charge in [0.05, 0.1) is 5.56 Å². The van der Waals surface area contributed by atoms with Crippen molar-refractivity contribution in [3.8, 4) is 11.1 Å². The summed E-state index contributed by atoms with van der Waals surface area (Å²) < 4.78 is 0. The zero-order chi connectivity index (χ0) is 15.5. The van der Waals surface area contributed by atoms with Gasteiger partial charge in [-0.2, -0.15) is 0 Å². The van der Waals surface area contributed by atoms with Crippen LogP contribution in [0.3, 0.4) is 0 Å². The summed E-state index contributed by atoms with van der Waals surface area (Å²) in [6.45, 7) is 2.35. The minimum absolute atomic E-state index is 0.330. The first-order valence-electron chi connectivity index (χ1n) is 8.07. The number of carboxylic acids is 1. The van der Waals surface area contributed by atoms with Gasteiger partial charge in [0.25, 0.3) is 0 Å². The van der Waals surface area contributed by atoms with E-state index in [0.29, 0.717) is 11.5 Å². The summed E-state index contributed by atoms with van der Waals surface area (Å²) in [6, 6.07) is 15.9. The first-order chi connectivity index (χ1) is 10.6. The average Bonchev–Trinajstić information content (AvgIpc) is 2.56. The summed E-state index contributed by atoms with van der Waals surface area (Å²) in [7, 11) is 0. The van der Waals surface area contributed by atoms with Gasteiger partial charge in [0, 0.05) is 0 Å². The van der Waals surface area contributed by atoms with E-state index >= 15 is 0 Å². The molecule has 2 aromatic rings. The number of aromatic carboxylic acids is 1. The number of hydrogen-bond acceptors (Lipinski definition) is 1. The van der Waals surface area contributed by atoms with Crippen LogP contribution in [0.1, 0.15) is 54.4 Å². The van der Waals surface area contributed by atoms with Crippen molar-refractivity contribution in [1.29, 1.82) is 0 Å². The van der Waals surface area contributed by atoms with Crippen LogP contribution in [0.25, 0.3) is 11.1 Å². The summed E-state index contributed by atoms with van der Waals surface area (Å²) in [5, 5.41) is 8.95. The van der Waals surface area contributed by atoms with Gasteiger partial charge in [0.2, 0.25) is 0 Å². The molecule has 0 radical (unpaired) electrons. The first kappa shape index (κ1) is 14.8. The van der Waals surface area contributed by atoms with E-state index in [9.17, 15) is 4.79 Å². The van der Waals surface area contributed by atoms with Crippen LogP contribution in [0.4, 0.5) is 0 Å². The van der Waals surface area contributed by atoms with E-state index in [2.05, 4.69) is 31.2 Å². The van der Waals surface area contributed by atoms with Gasteiger partial charge < -0.3 is 5.11 Å². The van der Waals surface area contributed by atoms with Crippen molar-refractivity contribution in [2.75, 3.05) is 0 Å². The van der Waals surface area contributed by atoms with Crippen molar-refractivity contribution in [2.24, 2.45) is 5.92 Å². The van der Waals surface area contributed by atoms with E-state index in [1.807, 2.05) is 12.1 Å². The third kappa shape index (κ3) is 3.22. The van der Waals surface area contributed by atoms with Gasteiger partial charge in [-0.05, 0) is 53.5 Å². The topological polar surface area (TPSA) is 37.3 Å². The Kier molecular flexibility index (Phi) is 4.28. The molecule has 0 atom stereocenters. The summed E-state index contributed by atoms with van der Waals surface area (Å²) in [6.07, 6.45) is 5.27. The number of rotatable bonds is 3. The fourth-order valence-electron chi connectivity index (χ4n) is 3.35. The second-order valence-electron chi connectivity index (χ2n) is 6.46. The quantitative estimate of drug-likeness (QED) is 0.829. The van der Waals surface area contributed by atoms with E-state index in [-0.39, 0.29) is 0 Å². The zero-order valence-electron chi connectivity index (χ0n) is 13.0. The van der Waals surface area contributed by atoms with Crippen molar-refractivity contribution in [3.63, 3.8) is 0 Å². The van der Waals surface area contributed by atoms with Gasteiger partial charge >= 0.3 is 5.97 Å². The first-order valence-corrected chi connectivity index (χ1v) is 8.07. The van der Waals surface area contributed by atoms with Crippen molar-refractivity contribution < 1.29 is 9.90 Å². The molecule has 2 nitrogen and oxygen atoms in total. The van der Waals surface area contributed by atoms with Crippen LogP contribution in [0.2, 0.25) is 0 Å². The Labute approximate surface area is 131 Å². The lowest BCUT2D eigenvalue weighted by Crippen LogP contribution is -2.10. The Morgan fingerprint density at radius 3 is 1.86 bits per heavy atom. The molecule has 0 heterocycles. The van der Waals surface area contributed by atoms with Crippen molar-refractivity contribution in [2.45, 2.75) is 38.5 Å². The largest absolute Gasteiger partial charge is 0.478 e. The lowest BCUT2D eigenvalue weighted by Gasteiger charge is -2.26. The molecular formula is C20H22O2. The van der Waals surface area contributed by atoms with Crippen LogP contribution >= 0.6 is 0 Å². The van der Waals surface area contributed by atoms with Crippen LogP contribution in [0.5, 0.6) is 0 Å². The molecule has 22 heavy (non-hydrogen) atoms. The third-order valence-electron chi connectivity index (χ3n) is 4.86. The van der Waals surface area contributed by atoms with Gasteiger partial charge in [-0.3, -0.25) is 0 Å². The molecule has 0 aliphatic heterocycles. The van der Waals surface area contributed by atoms with E-state index in [4.69, 9.17) is 5.11 Å². The molecule has 1 saturated carbocycles. The lowest BCUT2D eigenvalue weighted by atomic mass is 9.79. The van der Waals surface area contributed by atoms with E-state index < -0.39 is 5.97 Å². The highest BCUT2D eigenvalue weighted by Gasteiger charge is 2.19. The molecule has 0 bridgehead atoms. The van der Waals surface area contributed by atoms with Gasteiger partial charge in [-0.15, -0.1) is 0 Å². The molecule has 0 amide bonds. The molecule has 1 aliphatic carbocycles. The molecule has 0 saturated heterocycles. The SMILES string of the molecule is CC1CCC(c2ccc(-c3ccc(C(=O)O)cc3)cc2)CC1. The van der Waals surface area contributed by atoms with E-state index in [1.54, 1.807) is 12.1 Å². The van der Waals surface area contributed by atoms with Crippen molar-refractivity contribution >= 4 is 5.97 Å². The fraction of sp³-hybridized carbons (Fsp3) is 0.350. The summed E-state index contributed by atoms with van der Waals surface area (Å²) in [5.41, 5.74) is 3.98. The Morgan fingerprint density at radius 2 is 1.36 bits per heavy atom. The second kappa shape index (κ2) is 6.35. The Bertz CT molecular complexity index is 632. The summed E-state index contributed by atoms with van der Waals surface area (Å²) >= 11 is 0. The highest BCUT2D eigenvalue weighted by Crippen LogP contribution is 2.36. The van der Waals surface area contributed by atoms with Crippen LogP contribution in [0, 0.1) is 5.92 Å². The fourth-order valence-corrected chi connectivity index (χ4v) is 3.35. The zero-order valence-corrected chi connectivity index (χ0v) is 13.0. The molecule has 1 fully saturated rings. The molecule has 1 aliphatic rings. The number of carboxylic acid groups (broad SMARTS) is 1. The highest BCUT2D eigenvalue weighted by molar-refractivity contribution is 5.88. The maximum atomic E-state index is 10.9. The summed E-state index contributed by atoms with van der Waals surface area (Å²) in [5.74, 6) is 0.705. The molecular weight excluding hydrogens is 272 g/mol. The molecule has 0 unspecified atom stereocenters. The molecule has 1 N–H and O–H groups in total. The smallest absolute Gasteiger partial charge is 0.335 e. The van der Waals surface area contributed by atoms with E-state index in [1.165, 1.54) is 31.2 Å². The molecule has 0 spiro atoms. The third-order valence-corrected chi connectivity index (χ3v) is 4.86. The van der Waals surface area contributed by atoms with Gasteiger partial charge in [0.1, 0.15) is 0 Å². The summed E-state index contributed by atoms with van der Waals surface area (Å²) in [4.78, 5) is 10.9. The molecule has 3 rings (SSSR count). The average molecular weight is 294 g/mol. The van der Waals surface area contributed by atoms with Gasteiger partial charge in [0.15, 0.2) is 0 Å². The number of hydrogen-bond donors (Lipinski definition) is 1. The normalized spacial score (nSPS) is 21.5. The minimum atomic E-state index is -0.881. The van der Waals surface area contributed by atoms with Crippen LogP contribution < -0.4 is 0 Å². The second-order valence-corrected chi connectivity index (χ2v) is 6.46. The monoisotopic (exact) mass is 294 g/mol. The molecule has 2 heteroatoms. The lowest BCUT2D eigenvalue weighted by molar-refractivity contribution is 0.0697. The van der Waals surface area contributed by atoms with E-state index in [0.717, 1.165) is 17.0 Å². The van der Waals surface area contributed by atoms with Crippen molar-refractivity contribution in [3.05, 3.63) is 59.7 Å². The standard InChI is InChI=1S/C20H22O2/c1-14-2-4-15(5-3-14)16-6-8-17(9-7-16)18-10-12-19(13-11-18)20(21)22/h6-15H,2-5H2,1H3,(H,21,22). The highest BCUT2D eigenvalue weighted by atomic mass is 16.4. The van der Waals surface area contributed by atoms with Crippen LogP contribution in [0.15, 0.2) is 48.5 Å². The maximum Gasteiger partial charge on any atom is 0.335 e. The molecule has 0 aromatic heterocycles. The van der Waals surface area contributed by atoms with Crippen LogP contribution in [-0.4, -0.2) is 11.1 Å². The van der Waals surface area contributed by atoms with Crippen molar-refractivity contribution in [1.82, 2.24) is 0 Å². The predicted molar refractivity (Wildman–Crippen MR) is 89.2 cm³/mol. The van der Waals surface area contributed by atoms with Crippen LogP contribution in [-0.2, 0) is 0 Å².